The van der Waals surface area contributed by atoms with Crippen LogP contribution in [-0.4, -0.2) is 119 Å². The van der Waals surface area contributed by atoms with Crippen LogP contribution in [0.5, 0.6) is 0 Å². The number of alkyl halides is 2. The van der Waals surface area contributed by atoms with Crippen molar-refractivity contribution in [3.63, 3.8) is 0 Å². The van der Waals surface area contributed by atoms with Crippen LogP contribution in [0.1, 0.15) is 54.6 Å². The summed E-state index contributed by atoms with van der Waals surface area (Å²) in [7, 11) is 8.77. The highest BCUT2D eigenvalue weighted by Gasteiger charge is 2.31. The summed E-state index contributed by atoms with van der Waals surface area (Å²) in [6.45, 7) is 10.1. The van der Waals surface area contributed by atoms with E-state index >= 15 is 0 Å². The number of hydrogen-bond donors (Lipinski definition) is 2. The van der Waals surface area contributed by atoms with Crippen LogP contribution in [0, 0.1) is 22.6 Å². The summed E-state index contributed by atoms with van der Waals surface area (Å²) in [5.74, 6) is 0.713. The van der Waals surface area contributed by atoms with Crippen molar-refractivity contribution in [2.45, 2.75) is 46.2 Å². The van der Waals surface area contributed by atoms with Gasteiger partial charge in [-0.15, -0.1) is 0 Å². The Labute approximate surface area is 292 Å². The number of piperazine rings is 1. The normalized spacial score (nSPS) is 14.5. The predicted molar refractivity (Wildman–Crippen MR) is 197 cm³/mol. The molecule has 1 atom stereocenters. The number of fused-ring (bicyclic) bond motifs is 1. The van der Waals surface area contributed by atoms with Crippen LogP contribution in [-0.2, 0) is 17.9 Å². The Kier molecular flexibility index (Phi) is 24.0. The molecule has 12 heteroatoms. The van der Waals surface area contributed by atoms with Gasteiger partial charge in [-0.1, -0.05) is 51.0 Å². The van der Waals surface area contributed by atoms with E-state index in [2.05, 4.69) is 30.7 Å². The number of hydrogen-bond acceptors (Lipinski definition) is 7. The molecule has 1 fully saturated rings. The molecule has 0 saturated carbocycles. The van der Waals surface area contributed by atoms with Crippen molar-refractivity contribution in [1.29, 1.82) is 10.8 Å². The molecule has 2 aromatic carbocycles. The molecular formula is C37H58F3N7O2. The summed E-state index contributed by atoms with van der Waals surface area (Å²) in [6.07, 6.45) is 8.38. The number of carbonyl (C=O) groups is 2. The molecule has 274 valence electrons. The molecule has 9 nitrogen and oxygen atoms in total. The van der Waals surface area contributed by atoms with Gasteiger partial charge in [-0.3, -0.25) is 34.1 Å². The predicted octanol–water partition coefficient (Wildman–Crippen LogP) is 6.54. The number of likely N-dealkylation sites (N-methyl/N-ethyl adjacent to an activating group) is 2. The molecule has 1 unspecified atom stereocenters. The molecule has 1 saturated heterocycles. The number of aldehydes is 1. The minimum Gasteiger partial charge on any atom is -0.325 e. The molecule has 0 aromatic heterocycles. The van der Waals surface area contributed by atoms with Crippen LogP contribution in [0.15, 0.2) is 54.6 Å². The van der Waals surface area contributed by atoms with Gasteiger partial charge in [-0.25, -0.2) is 4.39 Å². The molecule has 0 aliphatic carbocycles. The molecule has 2 heterocycles. The standard InChI is InChI=1S/C20H22FN3O.C9H19N3.C6H11NO.2CH3F/c1-22-7-9-23(10-8-22)13-15-11-17-18(19(21)12-15)14-24(20(17)25)16-5-3-2-4-6-16;1-4-5-8(2)6-9(11)12(3)7-10;1-7(2)5-3-4-6-8;2*1-2/h2-6,11-12H,7-10,13-14H2,1H3;7-8,10-11H,4-6H2,1-3H3;3-4,6H,5H2,1-2H3;2*1H3/b;;4-3+;;. The molecule has 49 heavy (non-hydrogen) atoms. The lowest BCUT2D eigenvalue weighted by molar-refractivity contribution is -0.104. The van der Waals surface area contributed by atoms with Gasteiger partial charge in [0.1, 0.15) is 17.9 Å². The van der Waals surface area contributed by atoms with Crippen LogP contribution in [0.2, 0.25) is 0 Å². The number of rotatable bonds is 11. The summed E-state index contributed by atoms with van der Waals surface area (Å²) in [5.41, 5.74) is 2.71. The maximum Gasteiger partial charge on any atom is 0.259 e. The molecule has 2 aliphatic heterocycles. The Hall–Kier alpha value is -3.87. The number of amidine groups is 1. The topological polar surface area (TPSA) is 98.0 Å². The number of carbonyl (C=O) groups excluding carboxylic acids is 2. The number of allylic oxidation sites excluding steroid dienone is 1. The van der Waals surface area contributed by atoms with Crippen molar-refractivity contribution < 1.29 is 22.8 Å². The number of nitrogens with one attached hydrogen (secondary N) is 2. The van der Waals surface area contributed by atoms with Gasteiger partial charge in [0, 0.05) is 69.6 Å². The molecule has 0 spiro atoms. The first kappa shape index (κ1) is 45.1. The number of halogens is 3. The first-order valence-corrected chi connectivity index (χ1v) is 16.4. The van der Waals surface area contributed by atoms with Crippen LogP contribution in [0.25, 0.3) is 0 Å². The van der Waals surface area contributed by atoms with Crippen LogP contribution >= 0.6 is 0 Å². The zero-order chi connectivity index (χ0) is 37.4. The fraction of sp³-hybridized carbons (Fsp3) is 0.514. The third-order valence-corrected chi connectivity index (χ3v) is 7.74. The number of amides is 1. The summed E-state index contributed by atoms with van der Waals surface area (Å²) < 4.78 is 33.6. The Morgan fingerprint density at radius 2 is 1.63 bits per heavy atom. The maximum atomic E-state index is 14.6. The first-order chi connectivity index (χ1) is 23.5. The minimum absolute atomic E-state index is 0.111. The van der Waals surface area contributed by atoms with Gasteiger partial charge in [-0.05, 0) is 63.0 Å². The van der Waals surface area contributed by atoms with Gasteiger partial charge in [0.2, 0.25) is 0 Å². The van der Waals surface area contributed by atoms with E-state index in [9.17, 15) is 22.8 Å². The highest BCUT2D eigenvalue weighted by Crippen LogP contribution is 2.31. The van der Waals surface area contributed by atoms with Gasteiger partial charge in [0.15, 0.2) is 0 Å². The van der Waals surface area contributed by atoms with E-state index in [1.165, 1.54) is 18.8 Å². The maximum absolute atomic E-state index is 14.6. The molecule has 2 N–H and O–H groups in total. The number of benzene rings is 2. The second-order valence-electron chi connectivity index (χ2n) is 12.0. The first-order valence-electron chi connectivity index (χ1n) is 16.4. The van der Waals surface area contributed by atoms with Crippen LogP contribution in [0.4, 0.5) is 18.9 Å². The van der Waals surface area contributed by atoms with Gasteiger partial charge in [0.25, 0.3) is 5.91 Å². The Morgan fingerprint density at radius 1 is 1.02 bits per heavy atom. The SMILES string of the molecule is CCCC(C)CC(=N)N(C)C=N.CF.CF.CN(C)C/C=C/C=O.CN1CCN(Cc2cc(F)c3c(c2)C(=O)N(c2ccccc2)C3)CC1. The molecule has 0 radical (unpaired) electrons. The average Bonchev–Trinajstić information content (AvgIpc) is 3.44. The van der Waals surface area contributed by atoms with E-state index in [0.717, 1.165) is 63.1 Å². The third-order valence-electron chi connectivity index (χ3n) is 7.74. The minimum atomic E-state index is -0.270. The fourth-order valence-corrected chi connectivity index (χ4v) is 5.07. The van der Waals surface area contributed by atoms with Gasteiger partial charge >= 0.3 is 0 Å². The smallest absolute Gasteiger partial charge is 0.259 e. The van der Waals surface area contributed by atoms with Crippen molar-refractivity contribution in [3.05, 3.63) is 77.1 Å². The molecular weight excluding hydrogens is 631 g/mol. The van der Waals surface area contributed by atoms with E-state index in [-0.39, 0.29) is 11.7 Å². The van der Waals surface area contributed by atoms with Crippen molar-refractivity contribution in [1.82, 2.24) is 19.6 Å². The van der Waals surface area contributed by atoms with Crippen molar-refractivity contribution >= 4 is 30.1 Å². The van der Waals surface area contributed by atoms with Gasteiger partial charge in [0.05, 0.1) is 27.2 Å². The largest absolute Gasteiger partial charge is 0.325 e. The highest BCUT2D eigenvalue weighted by atomic mass is 19.1. The van der Waals surface area contributed by atoms with Gasteiger partial charge < -0.3 is 19.6 Å². The Balaban J connectivity index is 0.000000805. The van der Waals surface area contributed by atoms with Crippen molar-refractivity contribution in [2.24, 2.45) is 5.92 Å². The summed E-state index contributed by atoms with van der Waals surface area (Å²) in [4.78, 5) is 32.2. The zero-order valence-corrected chi connectivity index (χ0v) is 30.7. The third kappa shape index (κ3) is 16.9. The Bertz CT molecular complexity index is 1270. The average molecular weight is 690 g/mol. The highest BCUT2D eigenvalue weighted by molar-refractivity contribution is 6.10. The van der Waals surface area contributed by atoms with Crippen LogP contribution in [0.3, 0.4) is 0 Å². The monoisotopic (exact) mass is 689 g/mol. The van der Waals surface area contributed by atoms with Crippen molar-refractivity contribution in [2.75, 3.05) is 80.2 Å². The van der Waals surface area contributed by atoms with Crippen LogP contribution < -0.4 is 4.90 Å². The zero-order valence-electron chi connectivity index (χ0n) is 30.7. The second-order valence-corrected chi connectivity index (χ2v) is 12.0. The Morgan fingerprint density at radius 3 is 2.16 bits per heavy atom. The summed E-state index contributed by atoms with van der Waals surface area (Å²) in [6, 6.07) is 12.9. The fourth-order valence-electron chi connectivity index (χ4n) is 5.07. The van der Waals surface area contributed by atoms with Crippen molar-refractivity contribution in [3.8, 4) is 0 Å². The van der Waals surface area contributed by atoms with E-state index in [4.69, 9.17) is 10.8 Å². The van der Waals surface area contributed by atoms with E-state index in [1.807, 2.05) is 61.5 Å². The lowest BCUT2D eigenvalue weighted by Gasteiger charge is -2.32. The molecule has 0 bridgehead atoms. The second kappa shape index (κ2) is 26.1. The lowest BCUT2D eigenvalue weighted by atomic mass is 10.0. The van der Waals surface area contributed by atoms with Gasteiger partial charge in [-0.2, -0.15) is 0 Å². The molecule has 1 amide bonds. The summed E-state index contributed by atoms with van der Waals surface area (Å²) >= 11 is 0. The molecule has 2 aromatic rings. The molecule has 2 aliphatic rings. The van der Waals surface area contributed by atoms with E-state index in [1.54, 1.807) is 22.9 Å². The number of anilines is 1. The lowest BCUT2D eigenvalue weighted by Crippen LogP contribution is -2.43. The number of nitrogens with zero attached hydrogens (tertiary/aromatic N) is 5. The van der Waals surface area contributed by atoms with E-state index in [0.29, 0.717) is 50.3 Å². The van der Waals surface area contributed by atoms with E-state index < -0.39 is 0 Å². The quantitative estimate of drug-likeness (QED) is 0.121. The molecule has 4 rings (SSSR count). The number of para-hydroxylation sites is 1. The summed E-state index contributed by atoms with van der Waals surface area (Å²) in [5, 5.41) is 14.5.